The average molecular weight is 405 g/mol. The van der Waals surface area contributed by atoms with Gasteiger partial charge in [0.1, 0.15) is 5.70 Å². The lowest BCUT2D eigenvalue weighted by molar-refractivity contribution is -0.161. The van der Waals surface area contributed by atoms with E-state index in [0.717, 1.165) is 0 Å². The van der Waals surface area contributed by atoms with Gasteiger partial charge >= 0.3 is 5.97 Å². The number of hydrogen-bond donors (Lipinski definition) is 3. The molecule has 0 aromatic heterocycles. The number of carboxylic acids is 1. The van der Waals surface area contributed by atoms with Gasteiger partial charge in [0.15, 0.2) is 5.78 Å². The minimum Gasteiger partial charge on any atom is -0.477 e. The first kappa shape index (κ1) is 18.7. The molecule has 1 aliphatic carbocycles. The lowest BCUT2D eigenvalue weighted by Crippen LogP contribution is -2.61. The van der Waals surface area contributed by atoms with Crippen molar-refractivity contribution < 1.29 is 29.7 Å². The van der Waals surface area contributed by atoms with Gasteiger partial charge in [0, 0.05) is 11.1 Å². The van der Waals surface area contributed by atoms with Crippen LogP contribution in [-0.4, -0.2) is 50.0 Å². The van der Waals surface area contributed by atoms with Gasteiger partial charge in [-0.3, -0.25) is 9.59 Å². The quantitative estimate of drug-likeness (QED) is 0.570. The normalized spacial score (nSPS) is 22.6. The smallest absolute Gasteiger partial charge is 0.352 e. The van der Waals surface area contributed by atoms with E-state index in [1.807, 2.05) is 0 Å². The minimum absolute atomic E-state index is 0.0597. The highest BCUT2D eigenvalue weighted by atomic mass is 16.4. The maximum Gasteiger partial charge on any atom is 0.352 e. The standard InChI is InChI=1S/C23H19NO6/c1-10(26)19-18-8-15(20(23(29)30)24(18)22(19)28)12-3-5-14-17(7-12)16-6-11(9-25)2-4-13(16)21(14)27/h2-7,10,18-19,25-26H,8-9H2,1H3,(H,29,30)/t10-,18-,19-/m1/s1. The second kappa shape index (κ2) is 6.35. The summed E-state index contributed by atoms with van der Waals surface area (Å²) < 4.78 is 0. The number of carbonyl (C=O) groups excluding carboxylic acids is 2. The van der Waals surface area contributed by atoms with Crippen molar-refractivity contribution in [2.24, 2.45) is 5.92 Å². The van der Waals surface area contributed by atoms with Crippen LogP contribution in [0.1, 0.15) is 40.4 Å². The lowest BCUT2D eigenvalue weighted by Gasteiger charge is -2.44. The molecule has 0 bridgehead atoms. The molecule has 3 aliphatic rings. The molecule has 152 valence electrons. The Morgan fingerprint density at radius 1 is 1.10 bits per heavy atom. The molecule has 30 heavy (non-hydrogen) atoms. The third-order valence-electron chi connectivity index (χ3n) is 6.35. The molecule has 0 spiro atoms. The molecule has 3 N–H and O–H groups in total. The van der Waals surface area contributed by atoms with Crippen LogP contribution < -0.4 is 0 Å². The van der Waals surface area contributed by atoms with Gasteiger partial charge < -0.3 is 20.2 Å². The van der Waals surface area contributed by atoms with E-state index in [2.05, 4.69) is 0 Å². The average Bonchev–Trinajstić information content (AvgIpc) is 3.20. The fourth-order valence-electron chi connectivity index (χ4n) is 4.94. The molecule has 0 radical (unpaired) electrons. The van der Waals surface area contributed by atoms with E-state index in [1.165, 1.54) is 11.8 Å². The fraction of sp³-hybridized carbons (Fsp3) is 0.261. The predicted molar refractivity (Wildman–Crippen MR) is 106 cm³/mol. The Morgan fingerprint density at radius 3 is 2.40 bits per heavy atom. The topological polar surface area (TPSA) is 115 Å². The highest BCUT2D eigenvalue weighted by Gasteiger charge is 2.56. The first-order chi connectivity index (χ1) is 14.3. The molecule has 3 atom stereocenters. The minimum atomic E-state index is -1.19. The Labute approximate surface area is 171 Å². The van der Waals surface area contributed by atoms with Crippen LogP contribution in [0.2, 0.25) is 0 Å². The summed E-state index contributed by atoms with van der Waals surface area (Å²) in [5, 5.41) is 29.1. The van der Waals surface area contributed by atoms with Gasteiger partial charge in [0.25, 0.3) is 0 Å². The molecule has 1 amide bonds. The van der Waals surface area contributed by atoms with E-state index in [4.69, 9.17) is 0 Å². The molecule has 2 heterocycles. The summed E-state index contributed by atoms with van der Waals surface area (Å²) >= 11 is 0. The van der Waals surface area contributed by atoms with Crippen molar-refractivity contribution in [1.29, 1.82) is 0 Å². The van der Waals surface area contributed by atoms with E-state index in [9.17, 15) is 29.7 Å². The summed E-state index contributed by atoms with van der Waals surface area (Å²) in [5.74, 6) is -2.29. The second-order valence-corrected chi connectivity index (χ2v) is 8.01. The molecule has 2 aromatic rings. The van der Waals surface area contributed by atoms with Crippen LogP contribution in [0.25, 0.3) is 16.7 Å². The van der Waals surface area contributed by atoms with Crippen LogP contribution in [0.5, 0.6) is 0 Å². The number of amides is 1. The first-order valence-electron chi connectivity index (χ1n) is 9.74. The summed E-state index contributed by atoms with van der Waals surface area (Å²) in [5.41, 5.74) is 4.24. The van der Waals surface area contributed by atoms with E-state index in [1.54, 1.807) is 36.4 Å². The van der Waals surface area contributed by atoms with Crippen molar-refractivity contribution in [3.05, 3.63) is 64.3 Å². The lowest BCUT2D eigenvalue weighted by atomic mass is 9.82. The molecule has 1 fully saturated rings. The number of ketones is 1. The van der Waals surface area contributed by atoms with Gasteiger partial charge in [-0.15, -0.1) is 0 Å². The Bertz CT molecular complexity index is 1180. The summed E-state index contributed by atoms with van der Waals surface area (Å²) in [6.45, 7) is 1.39. The third-order valence-corrected chi connectivity index (χ3v) is 6.35. The van der Waals surface area contributed by atoms with Gasteiger partial charge in [0.05, 0.1) is 24.7 Å². The van der Waals surface area contributed by atoms with Crippen LogP contribution >= 0.6 is 0 Å². The SMILES string of the molecule is C[C@@H](O)[C@H]1C(=O)N2C(C(=O)O)=C(c3ccc4c(c3)-c3cc(CO)ccc3C4=O)C[C@H]12. The highest BCUT2D eigenvalue weighted by Crippen LogP contribution is 2.48. The van der Waals surface area contributed by atoms with Crippen LogP contribution in [0, 0.1) is 5.92 Å². The summed E-state index contributed by atoms with van der Waals surface area (Å²) in [6, 6.07) is 9.97. The Balaban J connectivity index is 1.63. The number of hydrogen-bond acceptors (Lipinski definition) is 5. The van der Waals surface area contributed by atoms with Crippen LogP contribution in [-0.2, 0) is 16.2 Å². The number of rotatable bonds is 4. The molecule has 1 saturated heterocycles. The van der Waals surface area contributed by atoms with E-state index in [-0.39, 0.29) is 30.0 Å². The summed E-state index contributed by atoms with van der Waals surface area (Å²) in [4.78, 5) is 38.4. The molecule has 0 unspecified atom stereocenters. The number of carboxylic acid groups (broad SMARTS) is 1. The van der Waals surface area contributed by atoms with Crippen LogP contribution in [0.4, 0.5) is 0 Å². The van der Waals surface area contributed by atoms with Crippen molar-refractivity contribution in [3.63, 3.8) is 0 Å². The molecule has 7 heteroatoms. The molecule has 0 saturated carbocycles. The largest absolute Gasteiger partial charge is 0.477 e. The Morgan fingerprint density at radius 2 is 1.77 bits per heavy atom. The van der Waals surface area contributed by atoms with Gasteiger partial charge in [0.2, 0.25) is 5.91 Å². The van der Waals surface area contributed by atoms with E-state index in [0.29, 0.717) is 45.4 Å². The first-order valence-corrected chi connectivity index (χ1v) is 9.74. The van der Waals surface area contributed by atoms with Crippen LogP contribution in [0.15, 0.2) is 42.1 Å². The number of carbonyl (C=O) groups is 3. The van der Waals surface area contributed by atoms with Crippen molar-refractivity contribution in [2.45, 2.75) is 32.1 Å². The van der Waals surface area contributed by atoms with E-state index >= 15 is 0 Å². The molecule has 2 aromatic carbocycles. The van der Waals surface area contributed by atoms with Crippen molar-refractivity contribution >= 4 is 23.2 Å². The Hall–Kier alpha value is -3.29. The zero-order valence-electron chi connectivity index (χ0n) is 16.1. The molecular weight excluding hydrogens is 386 g/mol. The zero-order chi connectivity index (χ0) is 21.3. The number of fused-ring (bicyclic) bond motifs is 4. The van der Waals surface area contributed by atoms with Crippen molar-refractivity contribution in [1.82, 2.24) is 4.90 Å². The maximum atomic E-state index is 12.7. The number of aliphatic carboxylic acids is 1. The molecule has 2 aliphatic heterocycles. The van der Waals surface area contributed by atoms with Crippen molar-refractivity contribution in [2.75, 3.05) is 0 Å². The van der Waals surface area contributed by atoms with Gasteiger partial charge in [-0.1, -0.05) is 18.2 Å². The summed E-state index contributed by atoms with van der Waals surface area (Å²) in [7, 11) is 0. The molecule has 5 rings (SSSR count). The number of aliphatic hydroxyl groups excluding tert-OH is 2. The number of β-lactam (4-membered cyclic amide) rings is 1. The monoisotopic (exact) mass is 405 g/mol. The molecular formula is C23H19NO6. The predicted octanol–water partition coefficient (Wildman–Crippen LogP) is 1.80. The highest BCUT2D eigenvalue weighted by molar-refractivity contribution is 6.22. The number of benzene rings is 2. The van der Waals surface area contributed by atoms with Crippen molar-refractivity contribution in [3.8, 4) is 11.1 Å². The third kappa shape index (κ3) is 2.36. The number of aliphatic hydroxyl groups is 2. The van der Waals surface area contributed by atoms with Gasteiger partial charge in [-0.2, -0.15) is 0 Å². The number of nitrogens with zero attached hydrogens (tertiary/aromatic N) is 1. The second-order valence-electron chi connectivity index (χ2n) is 8.01. The fourth-order valence-corrected chi connectivity index (χ4v) is 4.94. The van der Waals surface area contributed by atoms with E-state index < -0.39 is 18.0 Å². The summed E-state index contributed by atoms with van der Waals surface area (Å²) in [6.07, 6.45) is -0.520. The zero-order valence-corrected chi connectivity index (χ0v) is 16.1. The van der Waals surface area contributed by atoms with Gasteiger partial charge in [-0.25, -0.2) is 4.79 Å². The molecule has 7 nitrogen and oxygen atoms in total. The van der Waals surface area contributed by atoms with Crippen LogP contribution in [0.3, 0.4) is 0 Å². The van der Waals surface area contributed by atoms with Gasteiger partial charge in [-0.05, 0) is 59.4 Å². The Kier molecular flexibility index (Phi) is 3.96. The maximum absolute atomic E-state index is 12.7.